The Hall–Kier alpha value is -2.19. The van der Waals surface area contributed by atoms with Crippen molar-refractivity contribution in [1.29, 1.82) is 0 Å². The summed E-state index contributed by atoms with van der Waals surface area (Å²) in [4.78, 5) is 24.1. The van der Waals surface area contributed by atoms with Crippen molar-refractivity contribution in [3.8, 4) is 0 Å². The van der Waals surface area contributed by atoms with Crippen molar-refractivity contribution in [2.75, 3.05) is 22.9 Å². The first-order valence-electron chi connectivity index (χ1n) is 8.22. The lowest BCUT2D eigenvalue weighted by atomic mass is 10.1. The third-order valence-electron chi connectivity index (χ3n) is 3.22. The number of rotatable bonds is 10. The van der Waals surface area contributed by atoms with Crippen LogP contribution in [0.1, 0.15) is 30.6 Å². The molecule has 1 aromatic heterocycles. The highest BCUT2D eigenvalue weighted by Crippen LogP contribution is 2.26. The predicted molar refractivity (Wildman–Crippen MR) is 108 cm³/mol. The Kier molecular flexibility index (Phi) is 7.80. The van der Waals surface area contributed by atoms with E-state index in [0.717, 1.165) is 4.34 Å². The fraction of sp³-hybridized carbons (Fsp3) is 0.333. The SMILES string of the molecule is C=CCNc1nnc(SCC(=O)c2ccc(NC(=O)CC(C)C)cc2)s1. The zero-order chi connectivity index (χ0) is 18.9. The van der Waals surface area contributed by atoms with Gasteiger partial charge in [-0.1, -0.05) is 43.0 Å². The minimum absolute atomic E-state index is 0.00542. The summed E-state index contributed by atoms with van der Waals surface area (Å²) < 4.78 is 0.738. The van der Waals surface area contributed by atoms with E-state index in [1.165, 1.54) is 23.1 Å². The molecular weight excluding hydrogens is 368 g/mol. The lowest BCUT2D eigenvalue weighted by Gasteiger charge is -2.07. The summed E-state index contributed by atoms with van der Waals surface area (Å²) in [6.07, 6.45) is 2.22. The summed E-state index contributed by atoms with van der Waals surface area (Å²) in [7, 11) is 0. The number of hydrogen-bond acceptors (Lipinski definition) is 7. The van der Waals surface area contributed by atoms with Gasteiger partial charge in [-0.05, 0) is 30.2 Å². The van der Waals surface area contributed by atoms with Gasteiger partial charge in [0.1, 0.15) is 0 Å². The number of carbonyl (C=O) groups excluding carboxylic acids is 2. The van der Waals surface area contributed by atoms with Crippen molar-refractivity contribution in [3.05, 3.63) is 42.5 Å². The van der Waals surface area contributed by atoms with E-state index in [9.17, 15) is 9.59 Å². The van der Waals surface area contributed by atoms with E-state index in [1.54, 1.807) is 30.3 Å². The minimum Gasteiger partial charge on any atom is -0.357 e. The maximum atomic E-state index is 12.3. The third kappa shape index (κ3) is 6.61. The molecule has 0 saturated heterocycles. The molecule has 0 spiro atoms. The Morgan fingerprint density at radius 3 is 2.65 bits per heavy atom. The van der Waals surface area contributed by atoms with Crippen LogP contribution in [0.15, 0.2) is 41.3 Å². The summed E-state index contributed by atoms with van der Waals surface area (Å²) in [5.74, 6) is 0.577. The van der Waals surface area contributed by atoms with Gasteiger partial charge in [0.2, 0.25) is 11.0 Å². The smallest absolute Gasteiger partial charge is 0.224 e. The standard InChI is InChI=1S/C18H22N4O2S2/c1-4-9-19-17-21-22-18(26-17)25-11-15(23)13-5-7-14(8-6-13)20-16(24)10-12(2)3/h4-8,12H,1,9-11H2,2-3H3,(H,19,21)(H,20,24). The zero-order valence-corrected chi connectivity index (χ0v) is 16.5. The van der Waals surface area contributed by atoms with Crippen LogP contribution in [-0.4, -0.2) is 34.2 Å². The molecule has 6 nitrogen and oxygen atoms in total. The first kappa shape index (κ1) is 20.1. The monoisotopic (exact) mass is 390 g/mol. The molecule has 138 valence electrons. The second kappa shape index (κ2) is 10.1. The van der Waals surface area contributed by atoms with Gasteiger partial charge in [0.15, 0.2) is 10.1 Å². The van der Waals surface area contributed by atoms with Gasteiger partial charge < -0.3 is 10.6 Å². The first-order valence-corrected chi connectivity index (χ1v) is 10.0. The molecule has 1 aromatic carbocycles. The lowest BCUT2D eigenvalue weighted by Crippen LogP contribution is -2.14. The van der Waals surface area contributed by atoms with Crippen LogP contribution < -0.4 is 10.6 Å². The van der Waals surface area contributed by atoms with Gasteiger partial charge in [-0.25, -0.2) is 0 Å². The average molecular weight is 391 g/mol. The maximum Gasteiger partial charge on any atom is 0.224 e. The van der Waals surface area contributed by atoms with E-state index < -0.39 is 0 Å². The summed E-state index contributed by atoms with van der Waals surface area (Å²) in [5.41, 5.74) is 1.30. The quantitative estimate of drug-likeness (QED) is 0.361. The van der Waals surface area contributed by atoms with Gasteiger partial charge >= 0.3 is 0 Å². The highest BCUT2D eigenvalue weighted by molar-refractivity contribution is 8.01. The first-order chi connectivity index (χ1) is 12.5. The Labute approximate surface area is 161 Å². The van der Waals surface area contributed by atoms with Crippen molar-refractivity contribution >= 4 is 45.6 Å². The molecule has 0 aliphatic heterocycles. The predicted octanol–water partition coefficient (Wildman–Crippen LogP) is 4.10. The molecule has 0 fully saturated rings. The molecule has 2 aromatic rings. The Morgan fingerprint density at radius 2 is 2.00 bits per heavy atom. The molecule has 2 rings (SSSR count). The second-order valence-corrected chi connectivity index (χ2v) is 8.18. The number of Topliss-reactive ketones (excluding diaryl/α,β-unsaturated/α-hetero) is 1. The van der Waals surface area contributed by atoms with Crippen molar-refractivity contribution in [2.45, 2.75) is 24.6 Å². The molecule has 0 unspecified atom stereocenters. The van der Waals surface area contributed by atoms with E-state index in [0.29, 0.717) is 35.3 Å². The van der Waals surface area contributed by atoms with Crippen LogP contribution in [0.4, 0.5) is 10.8 Å². The van der Waals surface area contributed by atoms with E-state index in [2.05, 4.69) is 27.4 Å². The summed E-state index contributed by atoms with van der Waals surface area (Å²) in [6.45, 7) is 8.25. The van der Waals surface area contributed by atoms with Gasteiger partial charge in [0.25, 0.3) is 0 Å². The van der Waals surface area contributed by atoms with Crippen LogP contribution in [0.3, 0.4) is 0 Å². The number of ketones is 1. The fourth-order valence-electron chi connectivity index (χ4n) is 2.03. The van der Waals surface area contributed by atoms with Gasteiger partial charge in [0, 0.05) is 24.2 Å². The number of aromatic nitrogens is 2. The number of carbonyl (C=O) groups is 2. The molecular formula is C18H22N4O2S2. The van der Waals surface area contributed by atoms with Crippen molar-refractivity contribution < 1.29 is 9.59 Å². The number of amides is 1. The normalized spacial score (nSPS) is 10.6. The van der Waals surface area contributed by atoms with Crippen molar-refractivity contribution in [1.82, 2.24) is 10.2 Å². The van der Waals surface area contributed by atoms with Crippen LogP contribution in [0.2, 0.25) is 0 Å². The van der Waals surface area contributed by atoms with Crippen LogP contribution in [0.25, 0.3) is 0 Å². The molecule has 1 heterocycles. The summed E-state index contributed by atoms with van der Waals surface area (Å²) >= 11 is 2.77. The highest BCUT2D eigenvalue weighted by Gasteiger charge is 2.11. The van der Waals surface area contributed by atoms with Gasteiger partial charge in [0.05, 0.1) is 5.75 Å². The molecule has 0 bridgehead atoms. The lowest BCUT2D eigenvalue weighted by molar-refractivity contribution is -0.116. The number of nitrogens with zero attached hydrogens (tertiary/aromatic N) is 2. The molecule has 0 aliphatic carbocycles. The molecule has 2 N–H and O–H groups in total. The Bertz CT molecular complexity index is 757. The van der Waals surface area contributed by atoms with E-state index in [4.69, 9.17) is 0 Å². The number of benzene rings is 1. The van der Waals surface area contributed by atoms with Crippen LogP contribution >= 0.6 is 23.1 Å². The van der Waals surface area contributed by atoms with Gasteiger partial charge in [-0.15, -0.1) is 16.8 Å². The largest absolute Gasteiger partial charge is 0.357 e. The molecule has 0 aliphatic rings. The maximum absolute atomic E-state index is 12.3. The fourth-order valence-corrected chi connectivity index (χ4v) is 3.69. The van der Waals surface area contributed by atoms with Gasteiger partial charge in [-0.3, -0.25) is 9.59 Å². The summed E-state index contributed by atoms with van der Waals surface area (Å²) in [6, 6.07) is 6.95. The topological polar surface area (TPSA) is 84.0 Å². The van der Waals surface area contributed by atoms with Gasteiger partial charge in [-0.2, -0.15) is 0 Å². The minimum atomic E-state index is -0.0215. The molecule has 8 heteroatoms. The molecule has 0 radical (unpaired) electrons. The zero-order valence-electron chi connectivity index (χ0n) is 14.8. The van der Waals surface area contributed by atoms with E-state index >= 15 is 0 Å². The molecule has 1 amide bonds. The van der Waals surface area contributed by atoms with E-state index in [1.807, 2.05) is 13.8 Å². The summed E-state index contributed by atoms with van der Waals surface area (Å²) in [5, 5.41) is 14.6. The third-order valence-corrected chi connectivity index (χ3v) is 5.23. The van der Waals surface area contributed by atoms with Crippen LogP contribution in [0, 0.1) is 5.92 Å². The van der Waals surface area contributed by atoms with Crippen LogP contribution in [-0.2, 0) is 4.79 Å². The number of anilines is 2. The Morgan fingerprint density at radius 1 is 1.27 bits per heavy atom. The molecule has 0 atom stereocenters. The number of thioether (sulfide) groups is 1. The molecule has 26 heavy (non-hydrogen) atoms. The van der Waals surface area contributed by atoms with Crippen molar-refractivity contribution in [3.63, 3.8) is 0 Å². The van der Waals surface area contributed by atoms with Crippen molar-refractivity contribution in [2.24, 2.45) is 5.92 Å². The number of hydrogen-bond donors (Lipinski definition) is 2. The average Bonchev–Trinajstić information content (AvgIpc) is 3.05. The van der Waals surface area contributed by atoms with Crippen LogP contribution in [0.5, 0.6) is 0 Å². The highest BCUT2D eigenvalue weighted by atomic mass is 32.2. The number of nitrogens with one attached hydrogen (secondary N) is 2. The van der Waals surface area contributed by atoms with E-state index in [-0.39, 0.29) is 17.4 Å². The molecule has 0 saturated carbocycles. The Balaban J connectivity index is 1.84. The second-order valence-electron chi connectivity index (χ2n) is 5.98.